The van der Waals surface area contributed by atoms with E-state index in [1.807, 2.05) is 6.92 Å². The number of halogens is 2. The van der Waals surface area contributed by atoms with Crippen LogP contribution in [0.2, 0.25) is 0 Å². The van der Waals surface area contributed by atoms with E-state index in [1.54, 1.807) is 6.92 Å². The third-order valence-corrected chi connectivity index (χ3v) is 3.93. The monoisotopic (exact) mass is 292 g/mol. The molecule has 2 N–H and O–H groups in total. The van der Waals surface area contributed by atoms with Gasteiger partial charge in [-0.15, -0.1) is 0 Å². The molecule has 4 nitrogen and oxygen atoms in total. The van der Waals surface area contributed by atoms with E-state index >= 15 is 0 Å². The molecule has 19 heavy (non-hydrogen) atoms. The smallest absolute Gasteiger partial charge is 0.243 e. The van der Waals surface area contributed by atoms with Crippen LogP contribution >= 0.6 is 0 Å². The largest absolute Gasteiger partial charge is 0.313 e. The highest BCUT2D eigenvalue weighted by molar-refractivity contribution is 7.89. The van der Waals surface area contributed by atoms with Crippen molar-refractivity contribution in [3.8, 4) is 0 Å². The number of hydrogen-bond donors (Lipinski definition) is 2. The van der Waals surface area contributed by atoms with Crippen LogP contribution in [0.15, 0.2) is 17.0 Å². The van der Waals surface area contributed by atoms with Crippen LogP contribution in [0.3, 0.4) is 0 Å². The second kappa shape index (κ2) is 6.93. The summed E-state index contributed by atoms with van der Waals surface area (Å²) < 4.78 is 53.0. The summed E-state index contributed by atoms with van der Waals surface area (Å²) in [5, 5.41) is 2.93. The van der Waals surface area contributed by atoms with Gasteiger partial charge in [-0.05, 0) is 30.7 Å². The summed E-state index contributed by atoms with van der Waals surface area (Å²) in [5.41, 5.74) is 0.387. The molecule has 7 heteroatoms. The van der Waals surface area contributed by atoms with Crippen molar-refractivity contribution in [3.05, 3.63) is 29.3 Å². The van der Waals surface area contributed by atoms with Gasteiger partial charge < -0.3 is 5.32 Å². The predicted octanol–water partition coefficient (Wildman–Crippen LogP) is 1.76. The molecule has 0 atom stereocenters. The third-order valence-electron chi connectivity index (χ3n) is 2.47. The molecule has 0 aliphatic heterocycles. The molecule has 0 heterocycles. The molecule has 1 aromatic carbocycles. The Kier molecular flexibility index (Phi) is 5.84. The number of rotatable bonds is 7. The molecule has 108 valence electrons. The summed E-state index contributed by atoms with van der Waals surface area (Å²) in [5.74, 6) is -2.50. The number of sulfonamides is 1. The standard InChI is InChI=1S/C12H18F2N2O2S/c1-3-5-16-19(17,18)11-7-9(8-15-4-2)6-10(13)12(11)14/h6-7,15-16H,3-5,8H2,1-2H3. The minimum Gasteiger partial charge on any atom is -0.313 e. The van der Waals surface area contributed by atoms with Crippen LogP contribution in [0.1, 0.15) is 25.8 Å². The SMILES string of the molecule is CCCNS(=O)(=O)c1cc(CNCC)cc(F)c1F. The quantitative estimate of drug-likeness (QED) is 0.805. The van der Waals surface area contributed by atoms with Gasteiger partial charge in [0, 0.05) is 13.1 Å². The van der Waals surface area contributed by atoms with Crippen LogP contribution in [-0.4, -0.2) is 21.5 Å². The molecule has 0 saturated carbocycles. The summed E-state index contributed by atoms with van der Waals surface area (Å²) in [4.78, 5) is -0.645. The third kappa shape index (κ3) is 4.22. The van der Waals surface area contributed by atoms with E-state index in [0.29, 0.717) is 18.5 Å². The zero-order valence-electron chi connectivity index (χ0n) is 11.0. The molecule has 0 unspecified atom stereocenters. The lowest BCUT2D eigenvalue weighted by atomic mass is 10.2. The second-order valence-corrected chi connectivity index (χ2v) is 5.80. The Hall–Kier alpha value is -1.05. The molecule has 0 aromatic heterocycles. The summed E-state index contributed by atoms with van der Waals surface area (Å²) >= 11 is 0. The van der Waals surface area contributed by atoms with E-state index in [-0.39, 0.29) is 13.1 Å². The Morgan fingerprint density at radius 3 is 2.47 bits per heavy atom. The molecule has 0 aliphatic rings. The molecular formula is C12H18F2N2O2S. The maximum Gasteiger partial charge on any atom is 0.243 e. The van der Waals surface area contributed by atoms with Gasteiger partial charge in [0.25, 0.3) is 0 Å². The number of hydrogen-bond acceptors (Lipinski definition) is 3. The summed E-state index contributed by atoms with van der Waals surface area (Å²) in [7, 11) is -4.02. The van der Waals surface area contributed by atoms with Crippen molar-refractivity contribution < 1.29 is 17.2 Å². The van der Waals surface area contributed by atoms with Crippen molar-refractivity contribution in [1.29, 1.82) is 0 Å². The molecule has 0 amide bonds. The lowest BCUT2D eigenvalue weighted by Gasteiger charge is -2.10. The molecule has 0 fully saturated rings. The van der Waals surface area contributed by atoms with E-state index in [1.165, 1.54) is 0 Å². The first-order valence-electron chi connectivity index (χ1n) is 6.10. The highest BCUT2D eigenvalue weighted by atomic mass is 32.2. The first-order valence-corrected chi connectivity index (χ1v) is 7.59. The van der Waals surface area contributed by atoms with E-state index in [2.05, 4.69) is 10.0 Å². The van der Waals surface area contributed by atoms with Crippen LogP contribution in [0, 0.1) is 11.6 Å². The number of nitrogens with one attached hydrogen (secondary N) is 2. The van der Waals surface area contributed by atoms with Gasteiger partial charge in [0.1, 0.15) is 4.90 Å². The van der Waals surface area contributed by atoms with E-state index in [9.17, 15) is 17.2 Å². The van der Waals surface area contributed by atoms with E-state index in [4.69, 9.17) is 0 Å². The zero-order valence-corrected chi connectivity index (χ0v) is 11.8. The van der Waals surface area contributed by atoms with Crippen LogP contribution in [-0.2, 0) is 16.6 Å². The fourth-order valence-electron chi connectivity index (χ4n) is 1.50. The highest BCUT2D eigenvalue weighted by Gasteiger charge is 2.22. The minimum atomic E-state index is -4.02. The van der Waals surface area contributed by atoms with Crippen molar-refractivity contribution >= 4 is 10.0 Å². The maximum absolute atomic E-state index is 13.6. The summed E-state index contributed by atoms with van der Waals surface area (Å²) in [6, 6.07) is 2.15. The normalized spacial score (nSPS) is 11.8. The Balaban J connectivity index is 3.15. The molecule has 1 rings (SSSR count). The van der Waals surface area contributed by atoms with Gasteiger partial charge in [0.05, 0.1) is 0 Å². The van der Waals surface area contributed by atoms with Crippen LogP contribution in [0.5, 0.6) is 0 Å². The predicted molar refractivity (Wildman–Crippen MR) is 69.2 cm³/mol. The molecule has 1 aromatic rings. The first-order chi connectivity index (χ1) is 8.92. The minimum absolute atomic E-state index is 0.181. The Morgan fingerprint density at radius 1 is 1.21 bits per heavy atom. The van der Waals surface area contributed by atoms with Gasteiger partial charge in [-0.3, -0.25) is 0 Å². The lowest BCUT2D eigenvalue weighted by molar-refractivity contribution is 0.480. The lowest BCUT2D eigenvalue weighted by Crippen LogP contribution is -2.26. The van der Waals surface area contributed by atoms with Crippen molar-refractivity contribution in [2.24, 2.45) is 0 Å². The fraction of sp³-hybridized carbons (Fsp3) is 0.500. The average Bonchev–Trinajstić information content (AvgIpc) is 2.37. The second-order valence-electron chi connectivity index (χ2n) is 4.07. The van der Waals surface area contributed by atoms with Crippen LogP contribution in [0.4, 0.5) is 8.78 Å². The Bertz CT molecular complexity index is 533. The number of benzene rings is 1. The van der Waals surface area contributed by atoms with Gasteiger partial charge in [-0.1, -0.05) is 13.8 Å². The maximum atomic E-state index is 13.6. The molecule has 0 radical (unpaired) electrons. The van der Waals surface area contributed by atoms with Crippen molar-refractivity contribution in [3.63, 3.8) is 0 Å². The topological polar surface area (TPSA) is 58.2 Å². The van der Waals surface area contributed by atoms with E-state index < -0.39 is 26.6 Å². The molecule has 0 saturated heterocycles. The molecule has 0 bridgehead atoms. The highest BCUT2D eigenvalue weighted by Crippen LogP contribution is 2.19. The van der Waals surface area contributed by atoms with Crippen LogP contribution in [0.25, 0.3) is 0 Å². The van der Waals surface area contributed by atoms with Crippen molar-refractivity contribution in [1.82, 2.24) is 10.0 Å². The van der Waals surface area contributed by atoms with Gasteiger partial charge >= 0.3 is 0 Å². The van der Waals surface area contributed by atoms with Crippen molar-refractivity contribution in [2.75, 3.05) is 13.1 Å². The van der Waals surface area contributed by atoms with Gasteiger partial charge in [-0.25, -0.2) is 21.9 Å². The molecule has 0 aliphatic carbocycles. The van der Waals surface area contributed by atoms with E-state index in [0.717, 1.165) is 12.1 Å². The fourth-order valence-corrected chi connectivity index (χ4v) is 2.77. The van der Waals surface area contributed by atoms with Crippen LogP contribution < -0.4 is 10.0 Å². The van der Waals surface area contributed by atoms with Gasteiger partial charge in [0.2, 0.25) is 10.0 Å². The summed E-state index contributed by atoms with van der Waals surface area (Å²) in [6.07, 6.45) is 0.570. The van der Waals surface area contributed by atoms with Crippen molar-refractivity contribution in [2.45, 2.75) is 31.7 Å². The van der Waals surface area contributed by atoms with Gasteiger partial charge in [0.15, 0.2) is 11.6 Å². The Labute approximate surface area is 112 Å². The molecule has 0 spiro atoms. The first kappa shape index (κ1) is 16.0. The van der Waals surface area contributed by atoms with Gasteiger partial charge in [-0.2, -0.15) is 0 Å². The summed E-state index contributed by atoms with van der Waals surface area (Å²) in [6.45, 7) is 4.75. The Morgan fingerprint density at radius 2 is 1.89 bits per heavy atom. The average molecular weight is 292 g/mol. The molecular weight excluding hydrogens is 274 g/mol. The zero-order chi connectivity index (χ0) is 14.5.